The van der Waals surface area contributed by atoms with Crippen molar-refractivity contribution in [3.8, 4) is 34.7 Å². The third-order valence-electron chi connectivity index (χ3n) is 6.95. The number of nitrogens with two attached hydrogens (primary N) is 1. The molecule has 0 bridgehead atoms. The number of Topliss-reactive ketones (excluding diaryl/α,β-unsaturated/α-hetero) is 1. The summed E-state index contributed by atoms with van der Waals surface area (Å²) in [6.45, 7) is 0. The van der Waals surface area contributed by atoms with E-state index in [2.05, 4.69) is 19.9 Å². The van der Waals surface area contributed by atoms with Gasteiger partial charge in [-0.15, -0.1) is 0 Å². The maximum atomic E-state index is 13.4. The summed E-state index contributed by atoms with van der Waals surface area (Å²) in [4.78, 5) is 37.3. The molecule has 2 N–H and O–H groups in total. The Balaban J connectivity index is 0.000000197. The highest BCUT2D eigenvalue weighted by Crippen LogP contribution is 2.35. The van der Waals surface area contributed by atoms with E-state index in [4.69, 9.17) is 31.2 Å². The van der Waals surface area contributed by atoms with Gasteiger partial charge in [0.1, 0.15) is 22.8 Å². The number of anilines is 1. The van der Waals surface area contributed by atoms with Crippen LogP contribution in [0.1, 0.15) is 21.8 Å². The molecule has 0 aliphatic rings. The zero-order chi connectivity index (χ0) is 39.2. The van der Waals surface area contributed by atoms with E-state index in [1.54, 1.807) is 66.9 Å². The Hall–Kier alpha value is -7.13. The first kappa shape index (κ1) is 39.1. The standard InChI is InChI=1S/C23H15F3N2O3.C11H10N2O.C5H3ClN2O2/c24-23(25,26)21-20(31-22(28-21)16-7-3-1-4-8-16)18(29)13-15-11-12-19(27-14-15)30-17-9-5-2-6-10-17;12-9-6-7-11(13-8-9)14-10-4-2-1-3-5-10;6-5-2-1-4(3-7-5)8(9)10/h1-12,14H,13H2;1-8H,12H2;1-3H. The highest BCUT2D eigenvalue weighted by molar-refractivity contribution is 6.29. The van der Waals surface area contributed by atoms with Crippen LogP contribution in [0.5, 0.6) is 23.3 Å². The lowest BCUT2D eigenvalue weighted by Crippen LogP contribution is -2.13. The number of benzene rings is 3. The predicted molar refractivity (Wildman–Crippen MR) is 197 cm³/mol. The first-order chi connectivity index (χ1) is 26.4. The van der Waals surface area contributed by atoms with Gasteiger partial charge in [-0.2, -0.15) is 13.2 Å². The molecule has 7 rings (SSSR count). The lowest BCUT2D eigenvalue weighted by atomic mass is 10.1. The predicted octanol–water partition coefficient (Wildman–Crippen LogP) is 10.1. The van der Waals surface area contributed by atoms with Crippen LogP contribution in [0.15, 0.2) is 150 Å². The van der Waals surface area contributed by atoms with Crippen molar-refractivity contribution in [1.82, 2.24) is 19.9 Å². The monoisotopic (exact) mass is 768 g/mol. The van der Waals surface area contributed by atoms with Crippen molar-refractivity contribution in [2.75, 3.05) is 5.73 Å². The van der Waals surface area contributed by atoms with Gasteiger partial charge in [0, 0.05) is 36.4 Å². The minimum absolute atomic E-state index is 0.0515. The zero-order valence-corrected chi connectivity index (χ0v) is 29.1. The van der Waals surface area contributed by atoms with Crippen LogP contribution in [0.25, 0.3) is 11.5 Å². The Labute approximate surface area is 316 Å². The third-order valence-corrected chi connectivity index (χ3v) is 7.17. The molecule has 12 nitrogen and oxygen atoms in total. The van der Waals surface area contributed by atoms with Gasteiger partial charge in [0.25, 0.3) is 5.69 Å². The number of halogens is 4. The quantitative estimate of drug-likeness (QED) is 0.0642. The van der Waals surface area contributed by atoms with Gasteiger partial charge in [-0.1, -0.05) is 72.3 Å². The molecular formula is C39H28ClF3N6O6. The summed E-state index contributed by atoms with van der Waals surface area (Å²) >= 11 is 5.38. The molecule has 0 spiro atoms. The summed E-state index contributed by atoms with van der Waals surface area (Å²) in [6, 6.07) is 35.8. The first-order valence-electron chi connectivity index (χ1n) is 16.0. The van der Waals surface area contributed by atoms with Gasteiger partial charge in [0.2, 0.25) is 29.2 Å². The topological polar surface area (TPSA) is 169 Å². The van der Waals surface area contributed by atoms with Crippen molar-refractivity contribution in [3.63, 3.8) is 0 Å². The molecule has 0 unspecified atom stereocenters. The van der Waals surface area contributed by atoms with Gasteiger partial charge < -0.3 is 19.6 Å². The van der Waals surface area contributed by atoms with E-state index in [9.17, 15) is 28.1 Å². The Morgan fingerprint density at radius 1 is 0.745 bits per heavy atom. The molecule has 7 aromatic rings. The lowest BCUT2D eigenvalue weighted by Gasteiger charge is -2.06. The van der Waals surface area contributed by atoms with E-state index in [-0.39, 0.29) is 23.2 Å². The molecule has 0 saturated heterocycles. The number of carbonyl (C=O) groups excluding carboxylic acids is 1. The van der Waals surface area contributed by atoms with Gasteiger partial charge >= 0.3 is 6.18 Å². The number of nitrogen functional groups attached to an aromatic ring is 1. The van der Waals surface area contributed by atoms with Crippen molar-refractivity contribution in [1.29, 1.82) is 0 Å². The van der Waals surface area contributed by atoms with Gasteiger partial charge in [-0.25, -0.2) is 19.9 Å². The smallest absolute Gasteiger partial charge is 0.437 e. The summed E-state index contributed by atoms with van der Waals surface area (Å²) < 4.78 is 56.6. The van der Waals surface area contributed by atoms with Crippen LogP contribution in [0.3, 0.4) is 0 Å². The summed E-state index contributed by atoms with van der Waals surface area (Å²) in [6.07, 6.45) is -1.10. The van der Waals surface area contributed by atoms with Crippen LogP contribution in [-0.2, 0) is 12.6 Å². The lowest BCUT2D eigenvalue weighted by molar-refractivity contribution is -0.385. The SMILES string of the molecule is Nc1ccc(Oc2ccccc2)nc1.O=C(Cc1ccc(Oc2ccccc2)nc1)c1oc(-c2ccccc2)nc1C(F)(F)F.O=[N+]([O-])c1ccc(Cl)nc1. The number of hydrogen-bond acceptors (Lipinski definition) is 11. The number of carbonyl (C=O) groups is 1. The fourth-order valence-corrected chi connectivity index (χ4v) is 4.51. The van der Waals surface area contributed by atoms with E-state index in [0.29, 0.717) is 34.3 Å². The van der Waals surface area contributed by atoms with Gasteiger partial charge in [0.15, 0.2) is 5.69 Å². The highest BCUT2D eigenvalue weighted by Gasteiger charge is 2.41. The largest absolute Gasteiger partial charge is 0.439 e. The number of alkyl halides is 3. The molecular weight excluding hydrogens is 741 g/mol. The summed E-state index contributed by atoms with van der Waals surface area (Å²) in [5, 5.41) is 10.3. The van der Waals surface area contributed by atoms with Crippen LogP contribution in [0, 0.1) is 10.1 Å². The number of oxazole rings is 1. The second-order valence-corrected chi connectivity index (χ2v) is 11.4. The fraction of sp³-hybridized carbons (Fsp3) is 0.0513. The Kier molecular flexibility index (Phi) is 13.2. The van der Waals surface area contributed by atoms with E-state index in [1.807, 2.05) is 48.5 Å². The molecule has 0 saturated carbocycles. The molecule has 55 heavy (non-hydrogen) atoms. The second kappa shape index (κ2) is 18.6. The van der Waals surface area contributed by atoms with Crippen LogP contribution in [0.4, 0.5) is 24.5 Å². The number of rotatable bonds is 9. The number of hydrogen-bond donors (Lipinski definition) is 1. The van der Waals surface area contributed by atoms with Crippen LogP contribution in [0.2, 0.25) is 5.15 Å². The van der Waals surface area contributed by atoms with Crippen LogP contribution in [-0.4, -0.2) is 30.6 Å². The van der Waals surface area contributed by atoms with Crippen LogP contribution < -0.4 is 15.2 Å². The van der Waals surface area contributed by atoms with E-state index in [0.717, 1.165) is 11.9 Å². The summed E-state index contributed by atoms with van der Waals surface area (Å²) in [7, 11) is 0. The normalized spacial score (nSPS) is 10.5. The second-order valence-electron chi connectivity index (χ2n) is 11.0. The molecule has 0 atom stereocenters. The first-order valence-corrected chi connectivity index (χ1v) is 16.4. The molecule has 3 aromatic carbocycles. The van der Waals surface area contributed by atoms with Crippen molar-refractivity contribution < 1.29 is 36.8 Å². The molecule has 0 fully saturated rings. The number of ether oxygens (including phenoxy) is 2. The number of pyridine rings is 3. The minimum Gasteiger partial charge on any atom is -0.439 e. The molecule has 0 amide bonds. The maximum absolute atomic E-state index is 13.4. The molecule has 278 valence electrons. The summed E-state index contributed by atoms with van der Waals surface area (Å²) in [5.74, 6) is 0.265. The van der Waals surface area contributed by atoms with E-state index < -0.39 is 28.3 Å². The fourth-order valence-electron chi connectivity index (χ4n) is 4.39. The average molecular weight is 769 g/mol. The number of nitro groups is 1. The summed E-state index contributed by atoms with van der Waals surface area (Å²) in [5.41, 5.74) is 5.50. The Morgan fingerprint density at radius 3 is 1.78 bits per heavy atom. The third kappa shape index (κ3) is 11.9. The van der Waals surface area contributed by atoms with Crippen molar-refractivity contribution in [3.05, 3.63) is 178 Å². The average Bonchev–Trinajstić information content (AvgIpc) is 3.66. The number of ketones is 1. The van der Waals surface area contributed by atoms with Crippen molar-refractivity contribution in [2.24, 2.45) is 0 Å². The Bertz CT molecular complexity index is 2280. The molecule has 0 aliphatic carbocycles. The van der Waals surface area contributed by atoms with Gasteiger partial charge in [0.05, 0.1) is 16.8 Å². The molecule has 0 radical (unpaired) electrons. The molecule has 16 heteroatoms. The van der Waals surface area contributed by atoms with Gasteiger partial charge in [-0.3, -0.25) is 14.9 Å². The number of aromatic nitrogens is 4. The minimum atomic E-state index is -4.83. The van der Waals surface area contributed by atoms with Crippen molar-refractivity contribution in [2.45, 2.75) is 12.6 Å². The van der Waals surface area contributed by atoms with Crippen molar-refractivity contribution >= 4 is 28.8 Å². The van der Waals surface area contributed by atoms with Gasteiger partial charge in [-0.05, 0) is 54.1 Å². The molecule has 0 aliphatic heterocycles. The number of nitrogens with zero attached hydrogens (tertiary/aromatic N) is 5. The maximum Gasteiger partial charge on any atom is 0.437 e. The van der Waals surface area contributed by atoms with E-state index >= 15 is 0 Å². The zero-order valence-electron chi connectivity index (χ0n) is 28.3. The van der Waals surface area contributed by atoms with E-state index in [1.165, 1.54) is 24.4 Å². The molecule has 4 aromatic heterocycles. The Morgan fingerprint density at radius 2 is 1.31 bits per heavy atom. The van der Waals surface area contributed by atoms with Crippen LogP contribution >= 0.6 is 11.6 Å². The molecule has 4 heterocycles. The highest BCUT2D eigenvalue weighted by atomic mass is 35.5. The number of para-hydroxylation sites is 2.